The summed E-state index contributed by atoms with van der Waals surface area (Å²) < 4.78 is 5.66. The minimum absolute atomic E-state index is 0.151. The van der Waals surface area contributed by atoms with Crippen molar-refractivity contribution in [3.05, 3.63) is 65.1 Å². The first-order valence-corrected chi connectivity index (χ1v) is 8.83. The Morgan fingerprint density at radius 3 is 2.77 bits per heavy atom. The zero-order valence-corrected chi connectivity index (χ0v) is 15.2. The Kier molecular flexibility index (Phi) is 4.17. The van der Waals surface area contributed by atoms with Crippen LogP contribution in [0.2, 0.25) is 5.02 Å². The molecular weight excluding hydrogens is 350 g/mol. The fourth-order valence-electron chi connectivity index (χ4n) is 3.01. The summed E-state index contributed by atoms with van der Waals surface area (Å²) in [6, 6.07) is 14.5. The van der Waals surface area contributed by atoms with Crippen molar-refractivity contribution in [1.82, 2.24) is 15.3 Å². The molecule has 2 aromatic carbocycles. The van der Waals surface area contributed by atoms with Crippen LogP contribution in [0.15, 0.2) is 52.9 Å². The van der Waals surface area contributed by atoms with Crippen LogP contribution in [0.1, 0.15) is 36.3 Å². The fraction of sp³-hybridized carbons (Fsp3) is 0.200. The maximum atomic E-state index is 12.7. The highest BCUT2D eigenvalue weighted by Gasteiger charge is 2.24. The molecule has 1 unspecified atom stereocenters. The van der Waals surface area contributed by atoms with Crippen LogP contribution in [0.4, 0.5) is 0 Å². The molecule has 1 amide bonds. The monoisotopic (exact) mass is 367 g/mol. The Morgan fingerprint density at radius 2 is 2.00 bits per heavy atom. The summed E-state index contributed by atoms with van der Waals surface area (Å²) in [5, 5.41) is 4.43. The second-order valence-corrected chi connectivity index (χ2v) is 7.06. The van der Waals surface area contributed by atoms with Gasteiger partial charge in [-0.3, -0.25) is 4.79 Å². The third kappa shape index (κ3) is 3.06. The molecule has 2 N–H and O–H groups in total. The van der Waals surface area contributed by atoms with Gasteiger partial charge in [0.05, 0.1) is 17.1 Å². The van der Waals surface area contributed by atoms with Crippen molar-refractivity contribution in [1.29, 1.82) is 0 Å². The SMILES string of the molecule is CC(C)C(NC(=O)c1cc2cc(Cl)ccc2o1)c1nc2ccccc2[nH]1. The molecule has 2 heterocycles. The van der Waals surface area contributed by atoms with Crippen LogP contribution in [-0.4, -0.2) is 15.9 Å². The highest BCUT2D eigenvalue weighted by Crippen LogP contribution is 2.25. The van der Waals surface area contributed by atoms with Crippen molar-refractivity contribution in [2.24, 2.45) is 5.92 Å². The van der Waals surface area contributed by atoms with Gasteiger partial charge in [0, 0.05) is 10.4 Å². The molecule has 0 aliphatic rings. The second-order valence-electron chi connectivity index (χ2n) is 6.63. The number of nitrogens with one attached hydrogen (secondary N) is 2. The van der Waals surface area contributed by atoms with E-state index in [1.54, 1.807) is 24.3 Å². The molecule has 132 valence electrons. The van der Waals surface area contributed by atoms with Crippen LogP contribution in [0.5, 0.6) is 0 Å². The van der Waals surface area contributed by atoms with Crippen molar-refractivity contribution in [3.63, 3.8) is 0 Å². The number of amides is 1. The Bertz CT molecular complexity index is 1060. The molecule has 5 nitrogen and oxygen atoms in total. The Labute approximate surface area is 155 Å². The van der Waals surface area contributed by atoms with E-state index >= 15 is 0 Å². The summed E-state index contributed by atoms with van der Waals surface area (Å²) in [6.07, 6.45) is 0. The topological polar surface area (TPSA) is 70.9 Å². The number of aromatic nitrogens is 2. The molecule has 0 saturated heterocycles. The van der Waals surface area contributed by atoms with Gasteiger partial charge in [0.25, 0.3) is 5.91 Å². The maximum absolute atomic E-state index is 12.7. The van der Waals surface area contributed by atoms with Gasteiger partial charge in [0.1, 0.15) is 11.4 Å². The van der Waals surface area contributed by atoms with E-state index < -0.39 is 0 Å². The van der Waals surface area contributed by atoms with E-state index in [4.69, 9.17) is 16.0 Å². The molecule has 0 fully saturated rings. The number of carbonyl (C=O) groups is 1. The Balaban J connectivity index is 1.63. The molecule has 0 saturated carbocycles. The number of nitrogens with zero attached hydrogens (tertiary/aromatic N) is 1. The van der Waals surface area contributed by atoms with Crippen LogP contribution in [0.3, 0.4) is 0 Å². The number of furan rings is 1. The summed E-state index contributed by atoms with van der Waals surface area (Å²) in [4.78, 5) is 20.6. The number of hydrogen-bond acceptors (Lipinski definition) is 3. The maximum Gasteiger partial charge on any atom is 0.287 e. The summed E-state index contributed by atoms with van der Waals surface area (Å²) >= 11 is 6.00. The zero-order valence-electron chi connectivity index (χ0n) is 14.4. The number of halogens is 1. The van der Waals surface area contributed by atoms with Gasteiger partial charge in [-0.15, -0.1) is 0 Å². The summed E-state index contributed by atoms with van der Waals surface area (Å²) in [5.74, 6) is 0.854. The number of H-pyrrole nitrogens is 1. The minimum Gasteiger partial charge on any atom is -0.451 e. The Morgan fingerprint density at radius 1 is 1.19 bits per heavy atom. The molecule has 1 atom stereocenters. The van der Waals surface area contributed by atoms with E-state index in [2.05, 4.69) is 15.3 Å². The molecular formula is C20H18ClN3O2. The average molecular weight is 368 g/mol. The predicted octanol–water partition coefficient (Wildman–Crippen LogP) is 5.09. The standard InChI is InChI=1S/C20H18ClN3O2/c1-11(2)18(19-22-14-5-3-4-6-15(14)23-19)24-20(25)17-10-12-9-13(21)7-8-16(12)26-17/h3-11,18H,1-2H3,(H,22,23)(H,24,25). The third-order valence-corrected chi connectivity index (χ3v) is 4.59. The van der Waals surface area contributed by atoms with Gasteiger partial charge in [-0.05, 0) is 42.3 Å². The minimum atomic E-state index is -0.281. The highest BCUT2D eigenvalue weighted by molar-refractivity contribution is 6.31. The van der Waals surface area contributed by atoms with Crippen LogP contribution in [0, 0.1) is 5.92 Å². The molecule has 0 aliphatic heterocycles. The van der Waals surface area contributed by atoms with Crippen molar-refractivity contribution in [2.45, 2.75) is 19.9 Å². The van der Waals surface area contributed by atoms with Crippen LogP contribution in [0.25, 0.3) is 22.0 Å². The number of carbonyl (C=O) groups excluding carboxylic acids is 1. The number of aromatic amines is 1. The summed E-state index contributed by atoms with van der Waals surface area (Å²) in [7, 11) is 0. The van der Waals surface area contributed by atoms with E-state index in [-0.39, 0.29) is 23.6 Å². The van der Waals surface area contributed by atoms with E-state index in [0.717, 1.165) is 22.2 Å². The fourth-order valence-corrected chi connectivity index (χ4v) is 3.19. The average Bonchev–Trinajstić information content (AvgIpc) is 3.22. The van der Waals surface area contributed by atoms with Crippen LogP contribution >= 0.6 is 11.6 Å². The largest absolute Gasteiger partial charge is 0.451 e. The van der Waals surface area contributed by atoms with Gasteiger partial charge in [0.2, 0.25) is 0 Å². The quantitative estimate of drug-likeness (QED) is 0.527. The first-order valence-electron chi connectivity index (χ1n) is 8.46. The molecule has 0 spiro atoms. The molecule has 26 heavy (non-hydrogen) atoms. The number of benzene rings is 2. The molecule has 4 aromatic rings. The first kappa shape index (κ1) is 16.7. The number of rotatable bonds is 4. The smallest absolute Gasteiger partial charge is 0.287 e. The molecule has 0 aliphatic carbocycles. The number of para-hydroxylation sites is 2. The van der Waals surface area contributed by atoms with E-state index in [1.807, 2.05) is 38.1 Å². The van der Waals surface area contributed by atoms with Gasteiger partial charge >= 0.3 is 0 Å². The van der Waals surface area contributed by atoms with E-state index in [0.29, 0.717) is 10.6 Å². The normalized spacial score (nSPS) is 12.8. The van der Waals surface area contributed by atoms with Gasteiger partial charge in [-0.2, -0.15) is 0 Å². The Hall–Kier alpha value is -2.79. The highest BCUT2D eigenvalue weighted by atomic mass is 35.5. The number of imidazole rings is 1. The van der Waals surface area contributed by atoms with Crippen LogP contribution < -0.4 is 5.32 Å². The van der Waals surface area contributed by atoms with Gasteiger partial charge in [-0.25, -0.2) is 4.98 Å². The predicted molar refractivity (Wildman–Crippen MR) is 102 cm³/mol. The second kappa shape index (κ2) is 6.50. The zero-order chi connectivity index (χ0) is 18.3. The van der Waals surface area contributed by atoms with Crippen molar-refractivity contribution < 1.29 is 9.21 Å². The molecule has 6 heteroatoms. The van der Waals surface area contributed by atoms with Gasteiger partial charge < -0.3 is 14.7 Å². The lowest BCUT2D eigenvalue weighted by atomic mass is 10.0. The van der Waals surface area contributed by atoms with Gasteiger partial charge in [-0.1, -0.05) is 37.6 Å². The lowest BCUT2D eigenvalue weighted by Gasteiger charge is -2.19. The third-order valence-electron chi connectivity index (χ3n) is 4.36. The van der Waals surface area contributed by atoms with Crippen molar-refractivity contribution >= 4 is 39.5 Å². The van der Waals surface area contributed by atoms with Crippen molar-refractivity contribution in [3.8, 4) is 0 Å². The molecule has 0 bridgehead atoms. The van der Waals surface area contributed by atoms with E-state index in [1.165, 1.54) is 0 Å². The van der Waals surface area contributed by atoms with Gasteiger partial charge in [0.15, 0.2) is 5.76 Å². The molecule has 2 aromatic heterocycles. The first-order chi connectivity index (χ1) is 12.5. The lowest BCUT2D eigenvalue weighted by molar-refractivity contribution is 0.0897. The molecule has 0 radical (unpaired) electrons. The summed E-state index contributed by atoms with van der Waals surface area (Å²) in [6.45, 7) is 4.08. The number of hydrogen-bond donors (Lipinski definition) is 2. The lowest BCUT2D eigenvalue weighted by Crippen LogP contribution is -2.32. The summed E-state index contributed by atoms with van der Waals surface area (Å²) in [5.41, 5.74) is 2.45. The molecule has 4 rings (SSSR count). The van der Waals surface area contributed by atoms with Crippen molar-refractivity contribution in [2.75, 3.05) is 0 Å². The van der Waals surface area contributed by atoms with E-state index in [9.17, 15) is 4.79 Å². The van der Waals surface area contributed by atoms with Crippen LogP contribution in [-0.2, 0) is 0 Å². The number of fused-ring (bicyclic) bond motifs is 2.